The van der Waals surface area contributed by atoms with Crippen LogP contribution >= 0.6 is 12.4 Å². The van der Waals surface area contributed by atoms with Crippen molar-refractivity contribution in [2.24, 2.45) is 5.73 Å². The molecule has 5 heteroatoms. The zero-order valence-electron chi connectivity index (χ0n) is 6.27. The molecule has 0 unspecified atom stereocenters. The number of carbonyl (C=O) groups is 1. The predicted octanol–water partition coefficient (Wildman–Crippen LogP) is 1.18. The highest BCUT2D eigenvalue weighted by atomic mass is 35.5. The van der Waals surface area contributed by atoms with E-state index in [2.05, 4.69) is 0 Å². The fraction of sp³-hybridized carbons (Fsp3) is 0.286. The second-order valence-corrected chi connectivity index (χ2v) is 2.26. The molecule has 0 aromatic carbocycles. The molecule has 0 aliphatic heterocycles. The summed E-state index contributed by atoms with van der Waals surface area (Å²) in [5.41, 5.74) is 6.21. The van der Waals surface area contributed by atoms with E-state index in [-0.39, 0.29) is 18.8 Å². The molecule has 0 radical (unpaired) electrons. The molecular weight excluding hydrogens is 182 g/mol. The highest BCUT2D eigenvalue weighted by Gasteiger charge is 2.10. The summed E-state index contributed by atoms with van der Waals surface area (Å²) < 4.78 is 4.74. The highest BCUT2D eigenvalue weighted by molar-refractivity contribution is 5.85. The van der Waals surface area contributed by atoms with Crippen LogP contribution in [0.15, 0.2) is 23.0 Å². The summed E-state index contributed by atoms with van der Waals surface area (Å²) in [5, 5.41) is 8.37. The molecular formula is C7H10ClNO3. The van der Waals surface area contributed by atoms with Crippen molar-refractivity contribution in [2.45, 2.75) is 12.5 Å². The van der Waals surface area contributed by atoms with E-state index < -0.39 is 12.0 Å². The van der Waals surface area contributed by atoms with Crippen molar-refractivity contribution in [3.63, 3.8) is 0 Å². The molecule has 1 aromatic heterocycles. The summed E-state index contributed by atoms with van der Waals surface area (Å²) in [6.45, 7) is 0. The molecule has 12 heavy (non-hydrogen) atoms. The van der Waals surface area contributed by atoms with E-state index in [1.54, 1.807) is 6.07 Å². The monoisotopic (exact) mass is 191 g/mol. The Bertz CT molecular complexity index is 235. The van der Waals surface area contributed by atoms with Crippen LogP contribution in [0.3, 0.4) is 0 Å². The average Bonchev–Trinajstić information content (AvgIpc) is 2.35. The minimum atomic E-state index is -0.904. The fourth-order valence-electron chi connectivity index (χ4n) is 0.792. The van der Waals surface area contributed by atoms with Gasteiger partial charge in [-0.05, 0) is 6.07 Å². The smallest absolute Gasteiger partial charge is 0.305 e. The van der Waals surface area contributed by atoms with E-state index in [0.717, 1.165) is 0 Å². The number of aliphatic carboxylic acids is 1. The van der Waals surface area contributed by atoms with Gasteiger partial charge in [-0.1, -0.05) is 0 Å². The van der Waals surface area contributed by atoms with Gasteiger partial charge in [0.25, 0.3) is 0 Å². The molecule has 1 heterocycles. The molecule has 68 valence electrons. The van der Waals surface area contributed by atoms with Gasteiger partial charge in [0.05, 0.1) is 18.9 Å². The molecule has 0 amide bonds. The van der Waals surface area contributed by atoms with Gasteiger partial charge in [-0.25, -0.2) is 0 Å². The normalized spacial score (nSPS) is 11.8. The van der Waals surface area contributed by atoms with E-state index >= 15 is 0 Å². The fourth-order valence-corrected chi connectivity index (χ4v) is 0.792. The number of furan rings is 1. The molecule has 0 aliphatic rings. The van der Waals surface area contributed by atoms with Gasteiger partial charge in [0.2, 0.25) is 0 Å². The molecule has 0 fully saturated rings. The van der Waals surface area contributed by atoms with Crippen LogP contribution in [0, 0.1) is 0 Å². The first kappa shape index (κ1) is 11.0. The molecule has 1 aromatic rings. The first-order valence-corrected chi connectivity index (χ1v) is 3.19. The van der Waals surface area contributed by atoms with Gasteiger partial charge < -0.3 is 15.3 Å². The summed E-state index contributed by atoms with van der Waals surface area (Å²) in [6, 6.07) is 1.19. The third-order valence-corrected chi connectivity index (χ3v) is 1.37. The van der Waals surface area contributed by atoms with Crippen LogP contribution in [0.25, 0.3) is 0 Å². The molecule has 0 bridgehead atoms. The van der Waals surface area contributed by atoms with Gasteiger partial charge in [-0.15, -0.1) is 12.4 Å². The summed E-state index contributed by atoms with van der Waals surface area (Å²) in [7, 11) is 0. The Morgan fingerprint density at radius 3 is 2.83 bits per heavy atom. The Labute approximate surface area is 75.8 Å². The van der Waals surface area contributed by atoms with Crippen LogP contribution in [0.5, 0.6) is 0 Å². The maximum absolute atomic E-state index is 10.2. The summed E-state index contributed by atoms with van der Waals surface area (Å²) in [5.74, 6) is -0.904. The van der Waals surface area contributed by atoms with Crippen LogP contribution in [-0.2, 0) is 4.79 Å². The van der Waals surface area contributed by atoms with Gasteiger partial charge in [-0.3, -0.25) is 4.79 Å². The van der Waals surface area contributed by atoms with Crippen LogP contribution in [0.1, 0.15) is 18.0 Å². The standard InChI is InChI=1S/C7H9NO3.ClH/c8-6(3-7(9)10)5-1-2-11-4-5;/h1-2,4,6H,3,8H2,(H,9,10);1H/t6-;/m0./s1. The van der Waals surface area contributed by atoms with Crippen LogP contribution in [-0.4, -0.2) is 11.1 Å². The van der Waals surface area contributed by atoms with Crippen molar-refractivity contribution >= 4 is 18.4 Å². The van der Waals surface area contributed by atoms with E-state index in [4.69, 9.17) is 15.3 Å². The van der Waals surface area contributed by atoms with Crippen molar-refractivity contribution in [3.05, 3.63) is 24.2 Å². The largest absolute Gasteiger partial charge is 0.481 e. The third-order valence-electron chi connectivity index (χ3n) is 1.37. The molecule has 3 N–H and O–H groups in total. The summed E-state index contributed by atoms with van der Waals surface area (Å²) >= 11 is 0. The van der Waals surface area contributed by atoms with Crippen LogP contribution in [0.2, 0.25) is 0 Å². The Morgan fingerprint density at radius 1 is 1.75 bits per heavy atom. The minimum Gasteiger partial charge on any atom is -0.481 e. The van der Waals surface area contributed by atoms with Crippen molar-refractivity contribution in [1.82, 2.24) is 0 Å². The van der Waals surface area contributed by atoms with E-state index in [0.29, 0.717) is 5.56 Å². The van der Waals surface area contributed by atoms with Crippen molar-refractivity contribution in [1.29, 1.82) is 0 Å². The average molecular weight is 192 g/mol. The van der Waals surface area contributed by atoms with Gasteiger partial charge in [-0.2, -0.15) is 0 Å². The highest BCUT2D eigenvalue weighted by Crippen LogP contribution is 2.13. The summed E-state index contributed by atoms with van der Waals surface area (Å²) in [6.07, 6.45) is 2.85. The van der Waals surface area contributed by atoms with Crippen molar-refractivity contribution < 1.29 is 14.3 Å². The maximum Gasteiger partial charge on any atom is 0.305 e. The van der Waals surface area contributed by atoms with Crippen LogP contribution < -0.4 is 5.73 Å². The predicted molar refractivity (Wildman–Crippen MR) is 45.1 cm³/mol. The van der Waals surface area contributed by atoms with E-state index in [1.807, 2.05) is 0 Å². The lowest BCUT2D eigenvalue weighted by molar-refractivity contribution is -0.137. The van der Waals surface area contributed by atoms with Crippen molar-refractivity contribution in [2.75, 3.05) is 0 Å². The second-order valence-electron chi connectivity index (χ2n) is 2.26. The number of hydrogen-bond donors (Lipinski definition) is 2. The molecule has 1 atom stereocenters. The third kappa shape index (κ3) is 2.94. The lowest BCUT2D eigenvalue weighted by Gasteiger charge is -2.03. The number of carboxylic acid groups (broad SMARTS) is 1. The van der Waals surface area contributed by atoms with Crippen molar-refractivity contribution in [3.8, 4) is 0 Å². The van der Waals surface area contributed by atoms with E-state index in [9.17, 15) is 4.79 Å². The Kier molecular flexibility index (Phi) is 4.39. The van der Waals surface area contributed by atoms with Gasteiger partial charge >= 0.3 is 5.97 Å². The number of nitrogens with two attached hydrogens (primary N) is 1. The number of rotatable bonds is 3. The maximum atomic E-state index is 10.2. The number of hydrogen-bond acceptors (Lipinski definition) is 3. The molecule has 0 saturated carbocycles. The SMILES string of the molecule is Cl.N[C@@H](CC(=O)O)c1ccoc1. The molecule has 0 spiro atoms. The van der Waals surface area contributed by atoms with E-state index in [1.165, 1.54) is 12.5 Å². The number of halogens is 1. The molecule has 4 nitrogen and oxygen atoms in total. The second kappa shape index (κ2) is 4.79. The lowest BCUT2D eigenvalue weighted by atomic mass is 10.1. The quantitative estimate of drug-likeness (QED) is 0.752. The Hall–Kier alpha value is -1.00. The molecule has 0 saturated heterocycles. The van der Waals surface area contributed by atoms with Gasteiger partial charge in [0.1, 0.15) is 0 Å². The number of carboxylic acids is 1. The first-order valence-electron chi connectivity index (χ1n) is 3.19. The van der Waals surface area contributed by atoms with Gasteiger partial charge in [0.15, 0.2) is 0 Å². The minimum absolute atomic E-state index is 0. The first-order chi connectivity index (χ1) is 5.20. The van der Waals surface area contributed by atoms with Gasteiger partial charge in [0, 0.05) is 11.6 Å². The summed E-state index contributed by atoms with van der Waals surface area (Å²) in [4.78, 5) is 10.2. The molecule has 0 aliphatic carbocycles. The zero-order valence-corrected chi connectivity index (χ0v) is 7.08. The topological polar surface area (TPSA) is 76.5 Å². The zero-order chi connectivity index (χ0) is 8.27. The molecule has 1 rings (SSSR count). The lowest BCUT2D eigenvalue weighted by Crippen LogP contribution is -2.13. The Balaban J connectivity index is 0.00000121. The Morgan fingerprint density at radius 2 is 2.42 bits per heavy atom. The van der Waals surface area contributed by atoms with Crippen LogP contribution in [0.4, 0.5) is 0 Å².